The van der Waals surface area contributed by atoms with Crippen LogP contribution in [0, 0.1) is 6.92 Å². The number of benzene rings is 1. The summed E-state index contributed by atoms with van der Waals surface area (Å²) in [6, 6.07) is 8.98. The Morgan fingerprint density at radius 2 is 1.93 bits per heavy atom. The highest BCUT2D eigenvalue weighted by Crippen LogP contribution is 2.04. The van der Waals surface area contributed by atoms with Crippen LogP contribution in [0.2, 0.25) is 0 Å². The molecule has 1 unspecified atom stereocenters. The maximum Gasteiger partial charge on any atom is 0.0445 e. The molecule has 0 aliphatic heterocycles. The molecule has 15 heavy (non-hydrogen) atoms. The zero-order valence-corrected chi connectivity index (χ0v) is 9.66. The number of aliphatic hydroxyl groups excluding tert-OH is 1. The van der Waals surface area contributed by atoms with E-state index >= 15 is 0 Å². The minimum Gasteiger partial charge on any atom is -0.396 e. The summed E-state index contributed by atoms with van der Waals surface area (Å²) in [5.74, 6) is 0. The van der Waals surface area contributed by atoms with Crippen LogP contribution in [-0.2, 0) is 6.54 Å². The predicted molar refractivity (Wildman–Crippen MR) is 63.8 cm³/mol. The summed E-state index contributed by atoms with van der Waals surface area (Å²) in [4.78, 5) is 0. The number of rotatable bonds is 6. The van der Waals surface area contributed by atoms with Gasteiger partial charge < -0.3 is 10.4 Å². The van der Waals surface area contributed by atoms with Gasteiger partial charge in [-0.1, -0.05) is 36.8 Å². The predicted octanol–water partition coefficient (Wildman–Crippen LogP) is 2.25. The third kappa shape index (κ3) is 4.45. The van der Waals surface area contributed by atoms with Gasteiger partial charge in [0.25, 0.3) is 0 Å². The van der Waals surface area contributed by atoms with Crippen molar-refractivity contribution in [2.75, 3.05) is 6.61 Å². The first kappa shape index (κ1) is 12.2. The van der Waals surface area contributed by atoms with E-state index in [-0.39, 0.29) is 6.61 Å². The first-order valence-electron chi connectivity index (χ1n) is 5.66. The van der Waals surface area contributed by atoms with Crippen LogP contribution in [0.25, 0.3) is 0 Å². The van der Waals surface area contributed by atoms with Crippen LogP contribution in [0.15, 0.2) is 24.3 Å². The van der Waals surface area contributed by atoms with E-state index in [2.05, 4.69) is 43.4 Å². The summed E-state index contributed by atoms with van der Waals surface area (Å²) < 4.78 is 0. The second-order valence-corrected chi connectivity index (χ2v) is 3.98. The zero-order valence-electron chi connectivity index (χ0n) is 9.66. The Hall–Kier alpha value is -0.860. The number of nitrogens with one attached hydrogen (secondary N) is 1. The largest absolute Gasteiger partial charge is 0.396 e. The highest BCUT2D eigenvalue weighted by Gasteiger charge is 2.03. The van der Waals surface area contributed by atoms with Crippen LogP contribution in [0.3, 0.4) is 0 Å². The van der Waals surface area contributed by atoms with E-state index in [4.69, 9.17) is 5.11 Å². The molecule has 84 valence electrons. The number of hydrogen-bond donors (Lipinski definition) is 2. The van der Waals surface area contributed by atoms with E-state index < -0.39 is 0 Å². The van der Waals surface area contributed by atoms with Crippen LogP contribution >= 0.6 is 0 Å². The maximum absolute atomic E-state index is 8.86. The summed E-state index contributed by atoms with van der Waals surface area (Å²) in [7, 11) is 0. The molecule has 0 spiro atoms. The number of hydrogen-bond acceptors (Lipinski definition) is 2. The van der Waals surface area contributed by atoms with Gasteiger partial charge in [-0.3, -0.25) is 0 Å². The van der Waals surface area contributed by atoms with Gasteiger partial charge in [0.2, 0.25) is 0 Å². The van der Waals surface area contributed by atoms with Gasteiger partial charge in [0.15, 0.2) is 0 Å². The second kappa shape index (κ2) is 6.59. The minimum atomic E-state index is 0.263. The van der Waals surface area contributed by atoms with Gasteiger partial charge in [-0.05, 0) is 25.3 Å². The fourth-order valence-corrected chi connectivity index (χ4v) is 1.57. The first-order valence-corrected chi connectivity index (χ1v) is 5.66. The molecule has 0 heterocycles. The van der Waals surface area contributed by atoms with Gasteiger partial charge in [-0.25, -0.2) is 0 Å². The van der Waals surface area contributed by atoms with Crippen molar-refractivity contribution in [3.8, 4) is 0 Å². The van der Waals surface area contributed by atoms with Gasteiger partial charge in [-0.15, -0.1) is 0 Å². The Balaban J connectivity index is 2.38. The first-order chi connectivity index (χ1) is 7.26. The quantitative estimate of drug-likeness (QED) is 0.750. The van der Waals surface area contributed by atoms with Crippen LogP contribution in [0.4, 0.5) is 0 Å². The molecule has 1 atom stereocenters. The number of aryl methyl sites for hydroxylation is 1. The van der Waals surface area contributed by atoms with Gasteiger partial charge >= 0.3 is 0 Å². The van der Waals surface area contributed by atoms with E-state index in [1.165, 1.54) is 11.1 Å². The molecule has 0 fully saturated rings. The second-order valence-electron chi connectivity index (χ2n) is 3.98. The van der Waals surface area contributed by atoms with Gasteiger partial charge in [-0.2, -0.15) is 0 Å². The molecule has 1 aromatic rings. The molecule has 1 aromatic carbocycles. The Morgan fingerprint density at radius 1 is 1.27 bits per heavy atom. The molecule has 0 amide bonds. The lowest BCUT2D eigenvalue weighted by Crippen LogP contribution is -2.28. The SMILES string of the molecule is CCC(CCO)NCc1ccc(C)cc1. The Morgan fingerprint density at radius 3 is 2.47 bits per heavy atom. The lowest BCUT2D eigenvalue weighted by Gasteiger charge is -2.15. The fourth-order valence-electron chi connectivity index (χ4n) is 1.57. The normalized spacial score (nSPS) is 12.7. The summed E-state index contributed by atoms with van der Waals surface area (Å²) in [6.45, 7) is 5.39. The summed E-state index contributed by atoms with van der Waals surface area (Å²) in [6.07, 6.45) is 1.90. The van der Waals surface area contributed by atoms with Crippen molar-refractivity contribution in [3.05, 3.63) is 35.4 Å². The van der Waals surface area contributed by atoms with E-state index in [1.54, 1.807) is 0 Å². The molecule has 2 heteroatoms. The smallest absolute Gasteiger partial charge is 0.0445 e. The summed E-state index contributed by atoms with van der Waals surface area (Å²) >= 11 is 0. The molecule has 0 saturated heterocycles. The van der Waals surface area contributed by atoms with Gasteiger partial charge in [0.1, 0.15) is 0 Å². The van der Waals surface area contributed by atoms with E-state index in [0.29, 0.717) is 6.04 Å². The molecule has 0 bridgehead atoms. The van der Waals surface area contributed by atoms with Crippen molar-refractivity contribution in [1.82, 2.24) is 5.32 Å². The fraction of sp³-hybridized carbons (Fsp3) is 0.538. The molecular weight excluding hydrogens is 186 g/mol. The molecule has 2 nitrogen and oxygen atoms in total. The highest BCUT2D eigenvalue weighted by atomic mass is 16.3. The Labute approximate surface area is 92.3 Å². The van der Waals surface area contributed by atoms with Crippen LogP contribution in [0.1, 0.15) is 30.9 Å². The average Bonchev–Trinajstić information content (AvgIpc) is 2.26. The highest BCUT2D eigenvalue weighted by molar-refractivity contribution is 5.21. The Kier molecular flexibility index (Phi) is 5.37. The Bertz CT molecular complexity index is 268. The van der Waals surface area contributed by atoms with Crippen molar-refractivity contribution in [3.63, 3.8) is 0 Å². The molecule has 1 rings (SSSR count). The zero-order chi connectivity index (χ0) is 11.1. The molecular formula is C13H21NO. The third-order valence-electron chi connectivity index (χ3n) is 2.69. The van der Waals surface area contributed by atoms with E-state index in [1.807, 2.05) is 0 Å². The lowest BCUT2D eigenvalue weighted by molar-refractivity contribution is 0.262. The van der Waals surface area contributed by atoms with Crippen LogP contribution in [0.5, 0.6) is 0 Å². The van der Waals surface area contributed by atoms with Crippen molar-refractivity contribution in [2.45, 2.75) is 39.3 Å². The monoisotopic (exact) mass is 207 g/mol. The third-order valence-corrected chi connectivity index (χ3v) is 2.69. The lowest BCUT2D eigenvalue weighted by atomic mass is 10.1. The number of aliphatic hydroxyl groups is 1. The van der Waals surface area contributed by atoms with E-state index in [9.17, 15) is 0 Å². The summed E-state index contributed by atoms with van der Waals surface area (Å²) in [5, 5.41) is 12.3. The topological polar surface area (TPSA) is 32.3 Å². The van der Waals surface area contributed by atoms with Crippen molar-refractivity contribution >= 4 is 0 Å². The van der Waals surface area contributed by atoms with Gasteiger partial charge in [0.05, 0.1) is 0 Å². The van der Waals surface area contributed by atoms with E-state index in [0.717, 1.165) is 19.4 Å². The van der Waals surface area contributed by atoms with Crippen LogP contribution in [-0.4, -0.2) is 17.8 Å². The van der Waals surface area contributed by atoms with Crippen LogP contribution < -0.4 is 5.32 Å². The molecule has 0 aliphatic rings. The minimum absolute atomic E-state index is 0.263. The average molecular weight is 207 g/mol. The molecule has 0 radical (unpaired) electrons. The maximum atomic E-state index is 8.86. The van der Waals surface area contributed by atoms with Crippen molar-refractivity contribution < 1.29 is 5.11 Å². The molecule has 2 N–H and O–H groups in total. The van der Waals surface area contributed by atoms with Crippen molar-refractivity contribution in [1.29, 1.82) is 0 Å². The standard InChI is InChI=1S/C13H21NO/c1-3-13(8-9-15)14-10-12-6-4-11(2)5-7-12/h4-7,13-15H,3,8-10H2,1-2H3. The van der Waals surface area contributed by atoms with Gasteiger partial charge in [0, 0.05) is 19.2 Å². The molecule has 0 aliphatic carbocycles. The summed E-state index contributed by atoms with van der Waals surface area (Å²) in [5.41, 5.74) is 2.60. The molecule has 0 aromatic heterocycles. The van der Waals surface area contributed by atoms with Crippen molar-refractivity contribution in [2.24, 2.45) is 0 Å². The molecule has 0 saturated carbocycles.